The van der Waals surface area contributed by atoms with E-state index in [0.29, 0.717) is 5.56 Å². The molecule has 0 saturated carbocycles. The van der Waals surface area contributed by atoms with Gasteiger partial charge in [0.05, 0.1) is 4.90 Å². The molecule has 1 unspecified atom stereocenters. The summed E-state index contributed by atoms with van der Waals surface area (Å²) in [5, 5.41) is 3.18. The van der Waals surface area contributed by atoms with Gasteiger partial charge in [-0.25, -0.2) is 8.78 Å². The molecule has 0 amide bonds. The fraction of sp³-hybridized carbons (Fsp3) is 0.455. The molecule has 1 nitrogen and oxygen atoms in total. The summed E-state index contributed by atoms with van der Waals surface area (Å²) in [6, 6.07) is 2.94. The fourth-order valence-corrected chi connectivity index (χ4v) is 2.53. The number of nitrogens with one attached hydrogen (secondary N) is 1. The van der Waals surface area contributed by atoms with E-state index in [-0.39, 0.29) is 16.6 Å². The number of hydrogen-bond acceptors (Lipinski definition) is 2. The van der Waals surface area contributed by atoms with Crippen molar-refractivity contribution in [1.82, 2.24) is 5.32 Å². The van der Waals surface area contributed by atoms with Crippen molar-refractivity contribution >= 4 is 11.8 Å². The molecule has 2 rings (SSSR count). The second-order valence-electron chi connectivity index (χ2n) is 3.67. The number of halogens is 2. The molecule has 1 saturated heterocycles. The predicted octanol–water partition coefficient (Wildman–Crippen LogP) is 2.76. The molecule has 1 fully saturated rings. The predicted molar refractivity (Wildman–Crippen MR) is 58.4 cm³/mol. The zero-order valence-corrected chi connectivity index (χ0v) is 9.33. The minimum atomic E-state index is -0.463. The third-order valence-electron chi connectivity index (χ3n) is 2.78. The van der Waals surface area contributed by atoms with E-state index in [2.05, 4.69) is 5.32 Å². The SMILES string of the molecule is CSc1c(F)ccc(C2CCNC2)c1F. The second kappa shape index (κ2) is 4.49. The molecule has 1 heterocycles. The summed E-state index contributed by atoms with van der Waals surface area (Å²) in [6.45, 7) is 1.70. The van der Waals surface area contributed by atoms with Crippen LogP contribution in [0, 0.1) is 11.6 Å². The zero-order valence-electron chi connectivity index (χ0n) is 8.52. The first-order valence-electron chi connectivity index (χ1n) is 4.96. The number of thioether (sulfide) groups is 1. The molecule has 82 valence electrons. The van der Waals surface area contributed by atoms with Gasteiger partial charge in [0.1, 0.15) is 11.6 Å². The molecule has 1 atom stereocenters. The molecule has 15 heavy (non-hydrogen) atoms. The average Bonchev–Trinajstić information content (AvgIpc) is 2.71. The van der Waals surface area contributed by atoms with Crippen molar-refractivity contribution in [2.75, 3.05) is 19.3 Å². The summed E-state index contributed by atoms with van der Waals surface area (Å²) in [5.74, 6) is -0.651. The van der Waals surface area contributed by atoms with Crippen molar-refractivity contribution in [3.05, 3.63) is 29.3 Å². The highest BCUT2D eigenvalue weighted by Crippen LogP contribution is 2.31. The molecule has 4 heteroatoms. The van der Waals surface area contributed by atoms with Gasteiger partial charge < -0.3 is 5.32 Å². The largest absolute Gasteiger partial charge is 0.316 e. The van der Waals surface area contributed by atoms with Crippen molar-refractivity contribution in [3.8, 4) is 0 Å². The van der Waals surface area contributed by atoms with Gasteiger partial charge in [0.2, 0.25) is 0 Å². The van der Waals surface area contributed by atoms with Gasteiger partial charge in [0.25, 0.3) is 0 Å². The van der Waals surface area contributed by atoms with Crippen molar-refractivity contribution in [2.24, 2.45) is 0 Å². The van der Waals surface area contributed by atoms with E-state index in [4.69, 9.17) is 0 Å². The van der Waals surface area contributed by atoms with Gasteiger partial charge in [-0.2, -0.15) is 0 Å². The molecule has 1 aliphatic heterocycles. The lowest BCUT2D eigenvalue weighted by Crippen LogP contribution is -2.09. The topological polar surface area (TPSA) is 12.0 Å². The summed E-state index contributed by atoms with van der Waals surface area (Å²) in [5.41, 5.74) is 0.644. The van der Waals surface area contributed by atoms with Crippen molar-refractivity contribution in [2.45, 2.75) is 17.2 Å². The molecule has 0 radical (unpaired) electrons. The lowest BCUT2D eigenvalue weighted by molar-refractivity contribution is 0.520. The van der Waals surface area contributed by atoms with Crippen LogP contribution in [0.2, 0.25) is 0 Å². The summed E-state index contributed by atoms with van der Waals surface area (Å²) >= 11 is 1.12. The Labute approximate surface area is 92.3 Å². The van der Waals surface area contributed by atoms with E-state index in [1.54, 1.807) is 12.3 Å². The van der Waals surface area contributed by atoms with Crippen LogP contribution in [0.4, 0.5) is 8.78 Å². The zero-order chi connectivity index (χ0) is 10.8. The molecule has 0 aliphatic carbocycles. The molecule has 0 bridgehead atoms. The van der Waals surface area contributed by atoms with Crippen LogP contribution in [0.1, 0.15) is 17.9 Å². The van der Waals surface area contributed by atoms with Crippen LogP contribution in [-0.2, 0) is 0 Å². The lowest BCUT2D eigenvalue weighted by Gasteiger charge is -2.12. The van der Waals surface area contributed by atoms with E-state index in [9.17, 15) is 8.78 Å². The Morgan fingerprint density at radius 2 is 2.20 bits per heavy atom. The monoisotopic (exact) mass is 229 g/mol. The Hall–Kier alpha value is -0.610. The van der Waals surface area contributed by atoms with Crippen LogP contribution in [0.15, 0.2) is 17.0 Å². The molecular weight excluding hydrogens is 216 g/mol. The van der Waals surface area contributed by atoms with E-state index >= 15 is 0 Å². The Bertz CT molecular complexity index is 362. The highest BCUT2D eigenvalue weighted by atomic mass is 32.2. The molecule has 0 aromatic heterocycles. The van der Waals surface area contributed by atoms with Crippen LogP contribution in [0.3, 0.4) is 0 Å². The third kappa shape index (κ3) is 2.01. The van der Waals surface area contributed by atoms with Crippen molar-refractivity contribution < 1.29 is 8.78 Å². The van der Waals surface area contributed by atoms with E-state index in [1.807, 2.05) is 0 Å². The molecule has 1 N–H and O–H groups in total. The molecule has 1 aromatic carbocycles. The van der Waals surface area contributed by atoms with Gasteiger partial charge >= 0.3 is 0 Å². The Kier molecular flexibility index (Phi) is 3.26. The molecule has 0 spiro atoms. The molecular formula is C11H13F2NS. The second-order valence-corrected chi connectivity index (χ2v) is 4.49. The van der Waals surface area contributed by atoms with E-state index < -0.39 is 5.82 Å². The van der Waals surface area contributed by atoms with Crippen LogP contribution >= 0.6 is 11.8 Å². The van der Waals surface area contributed by atoms with Crippen LogP contribution in [-0.4, -0.2) is 19.3 Å². The van der Waals surface area contributed by atoms with Crippen LogP contribution in [0.5, 0.6) is 0 Å². The maximum atomic E-state index is 13.9. The normalized spacial score (nSPS) is 20.9. The summed E-state index contributed by atoms with van der Waals surface area (Å²) in [4.78, 5) is 0.138. The fourth-order valence-electron chi connectivity index (χ4n) is 1.97. The maximum Gasteiger partial charge on any atom is 0.143 e. The Balaban J connectivity index is 2.39. The highest BCUT2D eigenvalue weighted by molar-refractivity contribution is 7.98. The molecule has 1 aromatic rings. The van der Waals surface area contributed by atoms with Gasteiger partial charge in [-0.3, -0.25) is 0 Å². The first-order chi connectivity index (χ1) is 7.24. The summed E-state index contributed by atoms with van der Waals surface area (Å²) < 4.78 is 27.1. The maximum absolute atomic E-state index is 13.9. The average molecular weight is 229 g/mol. The Morgan fingerprint density at radius 1 is 1.40 bits per heavy atom. The lowest BCUT2D eigenvalue weighted by atomic mass is 9.98. The summed E-state index contributed by atoms with van der Waals surface area (Å²) in [6.07, 6.45) is 2.62. The summed E-state index contributed by atoms with van der Waals surface area (Å²) in [7, 11) is 0. The van der Waals surface area contributed by atoms with Gasteiger partial charge in [-0.15, -0.1) is 11.8 Å². The van der Waals surface area contributed by atoms with Crippen LogP contribution in [0.25, 0.3) is 0 Å². The minimum Gasteiger partial charge on any atom is -0.316 e. The first kappa shape index (κ1) is 10.9. The van der Waals surface area contributed by atoms with Crippen molar-refractivity contribution in [3.63, 3.8) is 0 Å². The highest BCUT2D eigenvalue weighted by Gasteiger charge is 2.22. The van der Waals surface area contributed by atoms with E-state index in [1.165, 1.54) is 6.07 Å². The minimum absolute atomic E-state index is 0.138. The van der Waals surface area contributed by atoms with Gasteiger partial charge in [-0.1, -0.05) is 6.07 Å². The van der Waals surface area contributed by atoms with E-state index in [0.717, 1.165) is 31.3 Å². The number of rotatable bonds is 2. The first-order valence-corrected chi connectivity index (χ1v) is 6.19. The quantitative estimate of drug-likeness (QED) is 0.783. The third-order valence-corrected chi connectivity index (χ3v) is 3.57. The van der Waals surface area contributed by atoms with Gasteiger partial charge in [0.15, 0.2) is 0 Å². The standard InChI is InChI=1S/C11H13F2NS/c1-15-11-9(12)3-2-8(10(11)13)7-4-5-14-6-7/h2-3,7,14H,4-6H2,1H3. The Morgan fingerprint density at radius 3 is 2.80 bits per heavy atom. The number of hydrogen-bond donors (Lipinski definition) is 1. The number of benzene rings is 1. The molecule has 1 aliphatic rings. The van der Waals surface area contributed by atoms with Crippen molar-refractivity contribution in [1.29, 1.82) is 0 Å². The van der Waals surface area contributed by atoms with Crippen LogP contribution < -0.4 is 5.32 Å². The van der Waals surface area contributed by atoms with Gasteiger partial charge in [0, 0.05) is 12.5 Å². The van der Waals surface area contributed by atoms with Gasteiger partial charge in [-0.05, 0) is 30.9 Å². The smallest absolute Gasteiger partial charge is 0.143 e.